The third-order valence-corrected chi connectivity index (χ3v) is 8.51. The molecule has 0 aromatic rings. The van der Waals surface area contributed by atoms with Gasteiger partial charge in [-0.25, -0.2) is 9.59 Å². The van der Waals surface area contributed by atoms with Gasteiger partial charge >= 0.3 is 11.9 Å². The van der Waals surface area contributed by atoms with Gasteiger partial charge in [-0.15, -0.1) is 0 Å². The highest BCUT2D eigenvalue weighted by Crippen LogP contribution is 2.34. The summed E-state index contributed by atoms with van der Waals surface area (Å²) in [6, 6.07) is 0. The Kier molecular flexibility index (Phi) is 14.2. The van der Waals surface area contributed by atoms with Crippen molar-refractivity contribution in [3.63, 3.8) is 0 Å². The van der Waals surface area contributed by atoms with E-state index in [1.807, 2.05) is 0 Å². The first-order valence-corrected chi connectivity index (χ1v) is 15.3. The lowest BCUT2D eigenvalue weighted by atomic mass is 9.95. The minimum absolute atomic E-state index is 0.0123. The molecule has 15 N–H and O–H groups in total. The first-order valence-electron chi connectivity index (χ1n) is 15.3. The highest BCUT2D eigenvalue weighted by atomic mass is 16.8. The first-order chi connectivity index (χ1) is 23.6. The van der Waals surface area contributed by atoms with Crippen LogP contribution in [0, 0.1) is 0 Å². The van der Waals surface area contributed by atoms with Crippen LogP contribution in [0.25, 0.3) is 0 Å². The van der Waals surface area contributed by atoms with Crippen LogP contribution in [0.2, 0.25) is 0 Å². The van der Waals surface area contributed by atoms with Crippen LogP contribution in [0.3, 0.4) is 0 Å². The van der Waals surface area contributed by atoms with Crippen molar-refractivity contribution >= 4 is 11.9 Å². The number of aliphatic hydroxyl groups is 11. The summed E-state index contributed by atoms with van der Waals surface area (Å²) in [5.74, 6) is -3.57. The average Bonchev–Trinajstić information content (AvgIpc) is 3.08. The summed E-state index contributed by atoms with van der Waals surface area (Å²) in [6.07, 6.45) is -39.7. The average molecular weight is 738 g/mol. The predicted octanol–water partition coefficient (Wildman–Crippen LogP) is -9.58. The number of hydrogen-bond acceptors (Lipinski definition) is 22. The number of hydrogen-bond donors (Lipinski definition) is 14. The molecule has 0 aliphatic carbocycles. The third-order valence-electron chi connectivity index (χ3n) is 8.51. The van der Waals surface area contributed by atoms with Crippen LogP contribution >= 0.6 is 0 Å². The highest BCUT2D eigenvalue weighted by Gasteiger charge is 2.56. The van der Waals surface area contributed by atoms with Crippen LogP contribution in [0.15, 0.2) is 0 Å². The maximum Gasteiger partial charge on any atom is 0.335 e. The molecule has 0 amide bonds. The molecule has 4 rings (SSSR count). The quantitative estimate of drug-likeness (QED) is 0.0834. The Balaban J connectivity index is 1.50. The third kappa shape index (κ3) is 8.35. The highest BCUT2D eigenvalue weighted by molar-refractivity contribution is 5.73. The molecule has 0 aromatic heterocycles. The SMILES string of the molecule is NCCO[C@@H]1OC(CO)[C@@H](O[C@@H]2OC(C(=O)O)[C@@H](O)[C@H](O[C@@H]3OC(CO)[C@@H](O[C@@H]4OC(C(=O)O)[C@@H](O)[C@H](O)C4O)[C@H](O)C3O)C2O)[C@H](O)C1O. The molecule has 8 unspecified atom stereocenters. The molecular weight excluding hydrogens is 694 g/mol. The predicted molar refractivity (Wildman–Crippen MR) is 148 cm³/mol. The summed E-state index contributed by atoms with van der Waals surface area (Å²) in [6.45, 7) is -1.98. The Morgan fingerprint density at radius 1 is 0.500 bits per heavy atom. The van der Waals surface area contributed by atoms with Crippen LogP contribution < -0.4 is 5.73 Å². The number of carboxylic acids is 2. The number of aliphatic hydroxyl groups excluding tert-OH is 11. The molecule has 4 heterocycles. The van der Waals surface area contributed by atoms with E-state index < -0.39 is 148 Å². The van der Waals surface area contributed by atoms with E-state index in [4.69, 9.17) is 43.6 Å². The smallest absolute Gasteiger partial charge is 0.335 e. The van der Waals surface area contributed by atoms with Gasteiger partial charge in [-0.3, -0.25) is 0 Å². The van der Waals surface area contributed by atoms with E-state index in [0.29, 0.717) is 0 Å². The minimum atomic E-state index is -2.25. The molecule has 24 nitrogen and oxygen atoms in total. The number of nitrogens with two attached hydrogens (primary N) is 1. The van der Waals surface area contributed by atoms with Crippen molar-refractivity contribution in [3.8, 4) is 0 Å². The number of carboxylic acid groups (broad SMARTS) is 2. The normalized spacial score (nSPS) is 48.6. The second kappa shape index (κ2) is 17.3. The lowest BCUT2D eigenvalue weighted by molar-refractivity contribution is -0.385. The number of rotatable bonds is 13. The van der Waals surface area contributed by atoms with Crippen molar-refractivity contribution in [2.45, 2.75) is 123 Å². The minimum Gasteiger partial charge on any atom is -0.479 e. The first kappa shape index (κ1) is 40.9. The summed E-state index contributed by atoms with van der Waals surface area (Å²) < 4.78 is 42.7. The van der Waals surface area contributed by atoms with Crippen LogP contribution in [-0.4, -0.2) is 228 Å². The van der Waals surface area contributed by atoms with Crippen molar-refractivity contribution in [1.29, 1.82) is 0 Å². The van der Waals surface area contributed by atoms with E-state index in [2.05, 4.69) is 0 Å². The van der Waals surface area contributed by atoms with Gasteiger partial charge in [0.1, 0.15) is 85.5 Å². The molecule has 0 saturated carbocycles. The van der Waals surface area contributed by atoms with E-state index in [0.717, 1.165) is 0 Å². The van der Waals surface area contributed by atoms with Gasteiger partial charge in [0, 0.05) is 6.54 Å². The number of carbonyl (C=O) groups is 2. The van der Waals surface area contributed by atoms with E-state index in [9.17, 15) is 76.0 Å². The van der Waals surface area contributed by atoms with Crippen LogP contribution in [0.5, 0.6) is 0 Å². The monoisotopic (exact) mass is 737 g/mol. The van der Waals surface area contributed by atoms with Gasteiger partial charge in [0.2, 0.25) is 0 Å². The lowest BCUT2D eigenvalue weighted by Gasteiger charge is -2.48. The van der Waals surface area contributed by atoms with Gasteiger partial charge in [-0.05, 0) is 0 Å². The largest absolute Gasteiger partial charge is 0.479 e. The second-order valence-corrected chi connectivity index (χ2v) is 11.9. The van der Waals surface area contributed by atoms with E-state index in [1.54, 1.807) is 0 Å². The summed E-state index contributed by atoms with van der Waals surface area (Å²) in [5, 5.41) is 134. The molecule has 290 valence electrons. The summed E-state index contributed by atoms with van der Waals surface area (Å²) >= 11 is 0. The second-order valence-electron chi connectivity index (χ2n) is 11.9. The fourth-order valence-corrected chi connectivity index (χ4v) is 5.82. The zero-order valence-electron chi connectivity index (χ0n) is 25.8. The van der Waals surface area contributed by atoms with Crippen molar-refractivity contribution < 1.29 is 114 Å². The van der Waals surface area contributed by atoms with E-state index in [1.165, 1.54) is 0 Å². The van der Waals surface area contributed by atoms with Crippen LogP contribution in [-0.2, 0) is 47.5 Å². The molecule has 24 heteroatoms. The van der Waals surface area contributed by atoms with Crippen molar-refractivity contribution in [2.24, 2.45) is 5.73 Å². The zero-order valence-corrected chi connectivity index (χ0v) is 25.8. The van der Waals surface area contributed by atoms with Crippen molar-refractivity contribution in [3.05, 3.63) is 0 Å². The Labute approximate surface area is 281 Å². The standard InChI is InChI=1S/C26H43NO23/c27-1-2-43-23-12(35)9(32)16(5(3-28)44-23)47-26-15(38)18(14(37)20(50-26)22(41)42)48-24-13(36)10(33)17(6(4-29)45-24)46-25-11(34)7(30)8(31)19(49-25)21(39)40/h5-20,23-26,28-38H,1-4,27H2,(H,39,40)(H,41,42)/t5?,6?,7-,8-,9+,10+,11?,12?,13?,14-,15?,16+,17+,18-,19?,20?,23+,24-,25+,26+/m0/s1. The Morgan fingerprint density at radius 3 is 1.38 bits per heavy atom. The molecule has 0 aromatic carbocycles. The van der Waals surface area contributed by atoms with Gasteiger partial charge in [-0.1, -0.05) is 0 Å². The van der Waals surface area contributed by atoms with Crippen LogP contribution in [0.1, 0.15) is 0 Å². The fraction of sp³-hybridized carbons (Fsp3) is 0.923. The van der Waals surface area contributed by atoms with Gasteiger partial charge in [-0.2, -0.15) is 0 Å². The Bertz CT molecular complexity index is 1120. The molecule has 0 radical (unpaired) electrons. The molecule has 4 saturated heterocycles. The molecular formula is C26H43NO23. The molecule has 50 heavy (non-hydrogen) atoms. The fourth-order valence-electron chi connectivity index (χ4n) is 5.82. The summed E-state index contributed by atoms with van der Waals surface area (Å²) in [5.41, 5.74) is 5.36. The Hall–Kier alpha value is -1.86. The van der Waals surface area contributed by atoms with E-state index in [-0.39, 0.29) is 13.2 Å². The van der Waals surface area contributed by atoms with E-state index >= 15 is 0 Å². The molecule has 0 bridgehead atoms. The number of ether oxygens (including phenoxy) is 8. The van der Waals surface area contributed by atoms with Crippen molar-refractivity contribution in [1.82, 2.24) is 0 Å². The lowest BCUT2D eigenvalue weighted by Crippen LogP contribution is -2.68. The molecule has 4 aliphatic rings. The van der Waals surface area contributed by atoms with Gasteiger partial charge in [0.15, 0.2) is 37.4 Å². The topological polar surface area (TPSA) is 397 Å². The molecule has 20 atom stereocenters. The number of aliphatic carboxylic acids is 2. The van der Waals surface area contributed by atoms with Gasteiger partial charge in [0.25, 0.3) is 0 Å². The Morgan fingerprint density at radius 2 is 0.900 bits per heavy atom. The molecule has 4 aliphatic heterocycles. The van der Waals surface area contributed by atoms with Gasteiger partial charge < -0.3 is 110 Å². The molecule has 4 fully saturated rings. The van der Waals surface area contributed by atoms with Crippen molar-refractivity contribution in [2.75, 3.05) is 26.4 Å². The van der Waals surface area contributed by atoms with Crippen LogP contribution in [0.4, 0.5) is 0 Å². The maximum absolute atomic E-state index is 12.0. The summed E-state index contributed by atoms with van der Waals surface area (Å²) in [4.78, 5) is 23.4. The zero-order chi connectivity index (χ0) is 37.2. The molecule has 0 spiro atoms. The maximum atomic E-state index is 12.0. The van der Waals surface area contributed by atoms with Gasteiger partial charge in [0.05, 0.1) is 19.8 Å². The summed E-state index contributed by atoms with van der Waals surface area (Å²) in [7, 11) is 0.